The third-order valence-corrected chi connectivity index (χ3v) is 3.20. The van der Waals surface area contributed by atoms with Crippen molar-refractivity contribution in [2.24, 2.45) is 0 Å². The van der Waals surface area contributed by atoms with Crippen molar-refractivity contribution < 1.29 is 19.1 Å². The van der Waals surface area contributed by atoms with Gasteiger partial charge in [0.25, 0.3) is 0 Å². The van der Waals surface area contributed by atoms with Crippen LogP contribution in [-0.4, -0.2) is 28.0 Å². The van der Waals surface area contributed by atoms with Crippen molar-refractivity contribution in [3.63, 3.8) is 0 Å². The van der Waals surface area contributed by atoms with Crippen molar-refractivity contribution in [3.8, 4) is 0 Å². The van der Waals surface area contributed by atoms with E-state index in [1.165, 1.54) is 10.8 Å². The highest BCUT2D eigenvalue weighted by molar-refractivity contribution is 5.95. The molecule has 0 saturated carbocycles. The van der Waals surface area contributed by atoms with Crippen LogP contribution in [0.4, 0.5) is 9.59 Å². The van der Waals surface area contributed by atoms with Crippen LogP contribution in [-0.2, 0) is 9.47 Å². The number of carbonyl (C=O) groups is 2. The molecule has 1 N–H and O–H groups in total. The largest absolute Gasteiger partial charge is 0.444 e. The average molecular weight is 358 g/mol. The van der Waals surface area contributed by atoms with Gasteiger partial charge in [-0.1, -0.05) is 18.2 Å². The van der Waals surface area contributed by atoms with Gasteiger partial charge >= 0.3 is 12.2 Å². The van der Waals surface area contributed by atoms with E-state index in [0.717, 1.165) is 16.5 Å². The number of amides is 1. The molecule has 0 spiro atoms. The fourth-order valence-electron chi connectivity index (χ4n) is 2.31. The summed E-state index contributed by atoms with van der Waals surface area (Å²) in [6.45, 7) is 10.9. The van der Waals surface area contributed by atoms with Gasteiger partial charge in [-0.05, 0) is 53.7 Å². The van der Waals surface area contributed by atoms with Crippen molar-refractivity contribution >= 4 is 29.2 Å². The van der Waals surface area contributed by atoms with Gasteiger partial charge in [-0.25, -0.2) is 9.59 Å². The van der Waals surface area contributed by atoms with E-state index < -0.39 is 23.4 Å². The number of para-hydroxylation sites is 1. The lowest BCUT2D eigenvalue weighted by Crippen LogP contribution is -2.29. The summed E-state index contributed by atoms with van der Waals surface area (Å²) in [7, 11) is 0. The molecular formula is C20H26N2O4. The van der Waals surface area contributed by atoms with Crippen molar-refractivity contribution in [2.45, 2.75) is 52.7 Å². The Kier molecular flexibility index (Phi) is 5.44. The number of nitrogens with zero attached hydrogens (tertiary/aromatic N) is 1. The molecule has 1 heterocycles. The lowest BCUT2D eigenvalue weighted by atomic mass is 10.2. The molecule has 0 aliphatic rings. The normalized spacial score (nSPS) is 12.4. The predicted octanol–water partition coefficient (Wildman–Crippen LogP) is 4.92. The summed E-state index contributed by atoms with van der Waals surface area (Å²) in [5.41, 5.74) is 0.364. The second-order valence-corrected chi connectivity index (χ2v) is 7.93. The summed E-state index contributed by atoms with van der Waals surface area (Å²) in [5, 5.41) is 3.44. The van der Waals surface area contributed by atoms with Crippen LogP contribution in [0.3, 0.4) is 0 Å². The number of fused-ring (bicyclic) bond motifs is 1. The van der Waals surface area contributed by atoms with Gasteiger partial charge in [0.15, 0.2) is 0 Å². The van der Waals surface area contributed by atoms with E-state index in [2.05, 4.69) is 5.32 Å². The molecule has 6 nitrogen and oxygen atoms in total. The van der Waals surface area contributed by atoms with Gasteiger partial charge in [-0.15, -0.1) is 0 Å². The van der Waals surface area contributed by atoms with Crippen LogP contribution in [0, 0.1) is 0 Å². The van der Waals surface area contributed by atoms with Gasteiger partial charge in [0.2, 0.25) is 0 Å². The number of benzene rings is 1. The number of alkyl carbamates (subject to hydrolysis) is 1. The number of nitrogens with one attached hydrogen (secondary N) is 1. The fourth-order valence-corrected chi connectivity index (χ4v) is 2.31. The van der Waals surface area contributed by atoms with Crippen molar-refractivity contribution in [1.82, 2.24) is 9.88 Å². The monoisotopic (exact) mass is 358 g/mol. The molecule has 0 radical (unpaired) electrons. The first-order valence-electron chi connectivity index (χ1n) is 8.46. The van der Waals surface area contributed by atoms with Gasteiger partial charge in [0.1, 0.15) is 11.2 Å². The maximum Gasteiger partial charge on any atom is 0.419 e. The molecule has 140 valence electrons. The van der Waals surface area contributed by atoms with Gasteiger partial charge in [-0.2, -0.15) is 0 Å². The number of ether oxygens (including phenoxy) is 2. The van der Waals surface area contributed by atoms with Crippen molar-refractivity contribution in [1.29, 1.82) is 0 Å². The van der Waals surface area contributed by atoms with Gasteiger partial charge < -0.3 is 9.47 Å². The van der Waals surface area contributed by atoms with Crippen LogP contribution >= 0.6 is 0 Å². The number of aromatic nitrogens is 1. The molecule has 0 aliphatic heterocycles. The SMILES string of the molecule is CC(C)(C)OC(=O)N/C=C/c1cn(C(=O)OC(C)(C)C)c2ccccc12. The molecule has 1 aromatic carbocycles. The van der Waals surface area contributed by atoms with E-state index in [1.54, 1.807) is 33.0 Å². The summed E-state index contributed by atoms with van der Waals surface area (Å²) < 4.78 is 12.1. The Balaban J connectivity index is 2.25. The minimum atomic E-state index is -0.587. The molecule has 1 amide bonds. The van der Waals surface area contributed by atoms with Gasteiger partial charge in [-0.3, -0.25) is 9.88 Å². The van der Waals surface area contributed by atoms with Crippen LogP contribution in [0.5, 0.6) is 0 Å². The standard InChI is InChI=1S/C20H26N2O4/c1-19(2,3)25-17(23)21-12-11-14-13-22(18(24)26-20(4,5)6)16-10-8-7-9-15(14)16/h7-13H,1-6H3,(H,21,23)/b12-11+. The molecule has 0 unspecified atom stereocenters. The average Bonchev–Trinajstić information content (AvgIpc) is 2.83. The van der Waals surface area contributed by atoms with E-state index in [-0.39, 0.29) is 0 Å². The summed E-state index contributed by atoms with van der Waals surface area (Å²) in [6, 6.07) is 7.50. The molecule has 2 rings (SSSR count). The quantitative estimate of drug-likeness (QED) is 0.827. The summed E-state index contributed by atoms with van der Waals surface area (Å²) in [6.07, 6.45) is 3.91. The first kappa shape index (κ1) is 19.6. The fraction of sp³-hybridized carbons (Fsp3) is 0.400. The zero-order valence-electron chi connectivity index (χ0n) is 16.1. The summed E-state index contributed by atoms with van der Waals surface area (Å²) >= 11 is 0. The molecule has 0 saturated heterocycles. The summed E-state index contributed by atoms with van der Waals surface area (Å²) in [5.74, 6) is 0. The Morgan fingerprint density at radius 3 is 2.23 bits per heavy atom. The molecule has 0 fully saturated rings. The molecule has 0 atom stereocenters. The minimum Gasteiger partial charge on any atom is -0.444 e. The van der Waals surface area contributed by atoms with Crippen LogP contribution in [0.1, 0.15) is 47.1 Å². The van der Waals surface area contributed by atoms with Crippen LogP contribution in [0.25, 0.3) is 17.0 Å². The Bertz CT molecular complexity index is 836. The lowest BCUT2D eigenvalue weighted by Gasteiger charge is -2.19. The van der Waals surface area contributed by atoms with E-state index in [1.807, 2.05) is 45.0 Å². The zero-order chi connectivity index (χ0) is 19.5. The molecule has 0 aliphatic carbocycles. The predicted molar refractivity (Wildman–Crippen MR) is 102 cm³/mol. The number of carbonyl (C=O) groups excluding carboxylic acids is 2. The molecular weight excluding hydrogens is 332 g/mol. The molecule has 2 aromatic rings. The van der Waals surface area contributed by atoms with Gasteiger partial charge in [0, 0.05) is 23.3 Å². The highest BCUT2D eigenvalue weighted by Crippen LogP contribution is 2.23. The number of rotatable bonds is 2. The lowest BCUT2D eigenvalue weighted by molar-refractivity contribution is 0.0536. The van der Waals surface area contributed by atoms with Gasteiger partial charge in [0.05, 0.1) is 5.52 Å². The number of hydrogen-bond donors (Lipinski definition) is 1. The molecule has 6 heteroatoms. The minimum absolute atomic E-state index is 0.451. The number of hydrogen-bond acceptors (Lipinski definition) is 4. The third kappa shape index (κ3) is 5.37. The van der Waals surface area contributed by atoms with Crippen molar-refractivity contribution in [2.75, 3.05) is 0 Å². The highest BCUT2D eigenvalue weighted by Gasteiger charge is 2.20. The summed E-state index contributed by atoms with van der Waals surface area (Å²) in [4.78, 5) is 24.2. The molecule has 1 aromatic heterocycles. The van der Waals surface area contributed by atoms with Crippen molar-refractivity contribution in [3.05, 3.63) is 42.2 Å². The van der Waals surface area contributed by atoms with E-state index >= 15 is 0 Å². The molecule has 0 bridgehead atoms. The Hall–Kier alpha value is -2.76. The Morgan fingerprint density at radius 1 is 1.00 bits per heavy atom. The smallest absolute Gasteiger partial charge is 0.419 e. The van der Waals surface area contributed by atoms with E-state index in [0.29, 0.717) is 0 Å². The first-order valence-corrected chi connectivity index (χ1v) is 8.46. The highest BCUT2D eigenvalue weighted by atomic mass is 16.6. The van der Waals surface area contributed by atoms with E-state index in [4.69, 9.17) is 9.47 Å². The topological polar surface area (TPSA) is 69.6 Å². The maximum absolute atomic E-state index is 12.5. The van der Waals surface area contributed by atoms with Crippen LogP contribution in [0.15, 0.2) is 36.7 Å². The van der Waals surface area contributed by atoms with E-state index in [9.17, 15) is 9.59 Å². The zero-order valence-corrected chi connectivity index (χ0v) is 16.1. The Morgan fingerprint density at radius 2 is 1.62 bits per heavy atom. The Labute approximate surface area is 153 Å². The first-order chi connectivity index (χ1) is 12.0. The van der Waals surface area contributed by atoms with Crippen LogP contribution in [0.2, 0.25) is 0 Å². The van der Waals surface area contributed by atoms with Crippen LogP contribution < -0.4 is 5.32 Å². The second-order valence-electron chi connectivity index (χ2n) is 7.93. The molecule has 26 heavy (non-hydrogen) atoms. The third-order valence-electron chi connectivity index (χ3n) is 3.20. The maximum atomic E-state index is 12.5. The second kappa shape index (κ2) is 7.23.